The second kappa shape index (κ2) is 12.0. The lowest BCUT2D eigenvalue weighted by Gasteiger charge is -2.33. The normalized spacial score (nSPS) is 17.9. The van der Waals surface area contributed by atoms with Gasteiger partial charge in [0.1, 0.15) is 12.3 Å². The Bertz CT molecular complexity index is 1510. The monoisotopic (exact) mass is 576 g/mol. The highest BCUT2D eigenvalue weighted by Crippen LogP contribution is 2.32. The minimum absolute atomic E-state index is 0.0931. The standard InChI is InChI=1S/C29H35F3N4O3S/c1-35(2)22-9-7-21(8-10-22)34-26-16-20(17-27-24(26)13-15-36(27)19-29(30,31)32)6-5-14-33-25-12-11-23(39-3)18-28(25)40(4,37)38/h11-13,15-18,21-22,33-34H,7-10,14,19H2,1-4H3. The number of alkyl halides is 3. The van der Waals surface area contributed by atoms with Crippen molar-refractivity contribution in [1.82, 2.24) is 9.47 Å². The summed E-state index contributed by atoms with van der Waals surface area (Å²) in [6.07, 6.45) is 2.26. The summed E-state index contributed by atoms with van der Waals surface area (Å²) in [5, 5.41) is 7.32. The third kappa shape index (κ3) is 7.43. The number of fused-ring (bicyclic) bond motifs is 1. The number of hydrogen-bond acceptors (Lipinski definition) is 6. The van der Waals surface area contributed by atoms with Crippen LogP contribution < -0.4 is 15.4 Å². The topological polar surface area (TPSA) is 75.6 Å². The van der Waals surface area contributed by atoms with E-state index in [0.29, 0.717) is 28.6 Å². The van der Waals surface area contributed by atoms with Crippen LogP contribution in [0.1, 0.15) is 31.2 Å². The second-order valence-corrected chi connectivity index (χ2v) is 12.4. The van der Waals surface area contributed by atoms with E-state index >= 15 is 0 Å². The summed E-state index contributed by atoms with van der Waals surface area (Å²) in [4.78, 5) is 2.33. The average Bonchev–Trinajstić information content (AvgIpc) is 3.27. The predicted molar refractivity (Wildman–Crippen MR) is 153 cm³/mol. The van der Waals surface area contributed by atoms with Crippen molar-refractivity contribution in [3.63, 3.8) is 0 Å². The minimum atomic E-state index is -4.36. The number of halogens is 3. The van der Waals surface area contributed by atoms with Crippen LogP contribution >= 0.6 is 0 Å². The van der Waals surface area contributed by atoms with Crippen LogP contribution in [0.25, 0.3) is 10.9 Å². The predicted octanol–water partition coefficient (Wildman–Crippen LogP) is 5.36. The summed E-state index contributed by atoms with van der Waals surface area (Å²) in [7, 11) is 2.11. The quantitative estimate of drug-likeness (QED) is 0.352. The molecule has 1 aliphatic carbocycles. The van der Waals surface area contributed by atoms with E-state index in [1.165, 1.54) is 23.9 Å². The molecule has 11 heteroatoms. The van der Waals surface area contributed by atoms with Crippen molar-refractivity contribution < 1.29 is 26.3 Å². The van der Waals surface area contributed by atoms with Gasteiger partial charge in [-0.15, -0.1) is 0 Å². The maximum atomic E-state index is 13.3. The third-order valence-electron chi connectivity index (χ3n) is 7.21. The fourth-order valence-electron chi connectivity index (χ4n) is 5.14. The van der Waals surface area contributed by atoms with Gasteiger partial charge in [-0.25, -0.2) is 8.42 Å². The van der Waals surface area contributed by atoms with Crippen molar-refractivity contribution in [2.45, 2.75) is 55.4 Å². The van der Waals surface area contributed by atoms with Crippen LogP contribution in [0.4, 0.5) is 24.5 Å². The zero-order valence-corrected chi connectivity index (χ0v) is 23.9. The van der Waals surface area contributed by atoms with Crippen LogP contribution in [-0.2, 0) is 16.4 Å². The Balaban J connectivity index is 1.59. The number of ether oxygens (including phenoxy) is 1. The Hall–Kier alpha value is -3.36. The first-order valence-electron chi connectivity index (χ1n) is 13.1. The minimum Gasteiger partial charge on any atom is -0.497 e. The lowest BCUT2D eigenvalue weighted by Crippen LogP contribution is -2.36. The van der Waals surface area contributed by atoms with E-state index in [1.54, 1.807) is 24.3 Å². The molecule has 2 aromatic carbocycles. The molecule has 1 saturated carbocycles. The highest BCUT2D eigenvalue weighted by molar-refractivity contribution is 7.90. The Morgan fingerprint density at radius 1 is 1.07 bits per heavy atom. The van der Waals surface area contributed by atoms with Gasteiger partial charge in [0.2, 0.25) is 0 Å². The smallest absolute Gasteiger partial charge is 0.406 e. The van der Waals surface area contributed by atoms with Crippen LogP contribution in [-0.4, -0.2) is 70.2 Å². The Morgan fingerprint density at radius 3 is 2.42 bits per heavy atom. The SMILES string of the molecule is COc1ccc(NCC#Cc2cc(NC3CCC(N(C)C)CC3)c3ccn(CC(F)(F)F)c3c2)c(S(C)(=O)=O)c1. The van der Waals surface area contributed by atoms with Crippen LogP contribution in [0.2, 0.25) is 0 Å². The fraction of sp³-hybridized carbons (Fsp3) is 0.448. The Morgan fingerprint density at radius 2 is 1.80 bits per heavy atom. The maximum Gasteiger partial charge on any atom is 0.406 e. The number of sulfone groups is 1. The van der Waals surface area contributed by atoms with Gasteiger partial charge in [-0.2, -0.15) is 13.2 Å². The van der Waals surface area contributed by atoms with Crippen molar-refractivity contribution in [3.05, 3.63) is 48.2 Å². The van der Waals surface area contributed by atoms with Gasteiger partial charge in [0, 0.05) is 47.2 Å². The first kappa shape index (κ1) is 29.6. The molecule has 0 spiro atoms. The number of rotatable bonds is 8. The molecule has 40 heavy (non-hydrogen) atoms. The molecule has 0 unspecified atom stereocenters. The van der Waals surface area contributed by atoms with E-state index in [-0.39, 0.29) is 17.5 Å². The van der Waals surface area contributed by atoms with Crippen molar-refractivity contribution in [2.75, 3.05) is 44.6 Å². The molecule has 2 N–H and O–H groups in total. The van der Waals surface area contributed by atoms with Gasteiger partial charge in [-0.1, -0.05) is 11.8 Å². The van der Waals surface area contributed by atoms with Gasteiger partial charge < -0.3 is 24.8 Å². The van der Waals surface area contributed by atoms with E-state index in [2.05, 4.69) is 41.5 Å². The summed E-state index contributed by atoms with van der Waals surface area (Å²) < 4.78 is 70.6. The number of nitrogens with zero attached hydrogens (tertiary/aromatic N) is 2. The first-order valence-corrected chi connectivity index (χ1v) is 15.0. The summed E-state index contributed by atoms with van der Waals surface area (Å²) in [5.74, 6) is 6.44. The van der Waals surface area contributed by atoms with Crippen molar-refractivity contribution in [1.29, 1.82) is 0 Å². The van der Waals surface area contributed by atoms with E-state index in [4.69, 9.17) is 4.74 Å². The summed E-state index contributed by atoms with van der Waals surface area (Å²) in [6, 6.07) is 10.7. The molecule has 0 atom stereocenters. The van der Waals surface area contributed by atoms with Crippen molar-refractivity contribution in [2.24, 2.45) is 0 Å². The molecule has 4 rings (SSSR count). The van der Waals surface area contributed by atoms with Gasteiger partial charge >= 0.3 is 6.18 Å². The highest BCUT2D eigenvalue weighted by Gasteiger charge is 2.29. The van der Waals surface area contributed by atoms with Crippen LogP contribution in [0.5, 0.6) is 5.75 Å². The molecule has 1 aromatic heterocycles. The summed E-state index contributed by atoms with van der Waals surface area (Å²) in [6.45, 7) is -0.957. The molecule has 216 valence electrons. The van der Waals surface area contributed by atoms with Gasteiger partial charge in [-0.05, 0) is 70.1 Å². The van der Waals surface area contributed by atoms with Crippen LogP contribution in [0.15, 0.2) is 47.5 Å². The van der Waals surface area contributed by atoms with E-state index < -0.39 is 22.6 Å². The molecule has 3 aromatic rings. The number of benzene rings is 2. The van der Waals surface area contributed by atoms with Gasteiger partial charge in [-0.3, -0.25) is 0 Å². The lowest BCUT2D eigenvalue weighted by atomic mass is 9.90. The molecule has 1 aliphatic rings. The molecular weight excluding hydrogens is 541 g/mol. The summed E-state index contributed by atoms with van der Waals surface area (Å²) in [5.41, 5.74) is 2.18. The molecule has 0 bridgehead atoms. The Labute approximate surface area is 233 Å². The van der Waals surface area contributed by atoms with E-state index in [0.717, 1.165) is 43.0 Å². The number of anilines is 2. The van der Waals surface area contributed by atoms with Crippen LogP contribution in [0.3, 0.4) is 0 Å². The first-order chi connectivity index (χ1) is 18.8. The maximum absolute atomic E-state index is 13.3. The second-order valence-electron chi connectivity index (χ2n) is 10.4. The number of methoxy groups -OCH3 is 1. The molecule has 1 heterocycles. The molecule has 0 radical (unpaired) electrons. The van der Waals surface area contributed by atoms with E-state index in [9.17, 15) is 21.6 Å². The molecule has 0 amide bonds. The van der Waals surface area contributed by atoms with Gasteiger partial charge in [0.15, 0.2) is 9.84 Å². The Kier molecular flexibility index (Phi) is 8.90. The van der Waals surface area contributed by atoms with Gasteiger partial charge in [0.05, 0.1) is 29.8 Å². The highest BCUT2D eigenvalue weighted by atomic mass is 32.2. The fourth-order valence-corrected chi connectivity index (χ4v) is 6.01. The van der Waals surface area contributed by atoms with Crippen molar-refractivity contribution in [3.8, 4) is 17.6 Å². The average molecular weight is 577 g/mol. The van der Waals surface area contributed by atoms with Gasteiger partial charge in [0.25, 0.3) is 0 Å². The molecule has 0 aliphatic heterocycles. The number of hydrogen-bond donors (Lipinski definition) is 2. The third-order valence-corrected chi connectivity index (χ3v) is 8.35. The summed E-state index contributed by atoms with van der Waals surface area (Å²) >= 11 is 0. The van der Waals surface area contributed by atoms with Crippen LogP contribution in [0, 0.1) is 11.8 Å². The lowest BCUT2D eigenvalue weighted by molar-refractivity contribution is -0.139. The molecule has 0 saturated heterocycles. The number of nitrogens with one attached hydrogen (secondary N) is 2. The zero-order chi connectivity index (χ0) is 29.1. The molecule has 7 nitrogen and oxygen atoms in total. The van der Waals surface area contributed by atoms with Crippen molar-refractivity contribution >= 4 is 32.1 Å². The molecule has 1 fully saturated rings. The zero-order valence-electron chi connectivity index (χ0n) is 23.1. The largest absolute Gasteiger partial charge is 0.497 e. The molecular formula is C29H35F3N4O3S. The number of aromatic nitrogens is 1. The van der Waals surface area contributed by atoms with E-state index in [1.807, 2.05) is 6.07 Å².